The Morgan fingerprint density at radius 2 is 1.94 bits per heavy atom. The number of hydrogen-bond donors (Lipinski definition) is 0. The molecule has 0 saturated carbocycles. The first-order valence-electron chi connectivity index (χ1n) is 4.68. The Balaban J connectivity index is 3.27. The van der Waals surface area contributed by atoms with E-state index in [0.717, 1.165) is 12.1 Å². The molecular formula is C11H11F3O2. The monoisotopic (exact) mass is 232 g/mol. The Morgan fingerprint density at radius 1 is 1.31 bits per heavy atom. The number of alkyl halides is 3. The fourth-order valence-electron chi connectivity index (χ4n) is 1.25. The summed E-state index contributed by atoms with van der Waals surface area (Å²) in [5, 5.41) is 0. The quantitative estimate of drug-likeness (QED) is 0.747. The zero-order valence-corrected chi connectivity index (χ0v) is 8.89. The number of carbonyl (C=O) groups is 1. The van der Waals surface area contributed by atoms with E-state index in [1.807, 2.05) is 0 Å². The van der Waals surface area contributed by atoms with Crippen molar-refractivity contribution < 1.29 is 22.7 Å². The molecule has 0 amide bonds. The molecule has 0 aliphatic carbocycles. The minimum Gasteiger partial charge on any atom is -0.497 e. The third-order valence-electron chi connectivity index (χ3n) is 2.11. The van der Waals surface area contributed by atoms with E-state index < -0.39 is 11.7 Å². The van der Waals surface area contributed by atoms with E-state index in [1.54, 1.807) is 6.92 Å². The van der Waals surface area contributed by atoms with Crippen LogP contribution in [0.15, 0.2) is 18.2 Å². The second-order valence-corrected chi connectivity index (χ2v) is 3.22. The molecule has 0 atom stereocenters. The Morgan fingerprint density at radius 3 is 2.38 bits per heavy atom. The van der Waals surface area contributed by atoms with Crippen molar-refractivity contribution in [1.29, 1.82) is 0 Å². The highest BCUT2D eigenvalue weighted by Gasteiger charge is 2.31. The molecule has 16 heavy (non-hydrogen) atoms. The van der Waals surface area contributed by atoms with E-state index in [4.69, 9.17) is 4.74 Å². The summed E-state index contributed by atoms with van der Waals surface area (Å²) in [6.07, 6.45) is -4.32. The maximum Gasteiger partial charge on any atom is 0.416 e. The van der Waals surface area contributed by atoms with Crippen LogP contribution in [0.25, 0.3) is 0 Å². The molecule has 0 aliphatic rings. The summed E-state index contributed by atoms with van der Waals surface area (Å²) in [5.41, 5.74) is -0.849. The highest BCUT2D eigenvalue weighted by molar-refractivity contribution is 5.96. The molecule has 1 rings (SSSR count). The van der Waals surface area contributed by atoms with Crippen LogP contribution in [0.4, 0.5) is 13.2 Å². The molecule has 0 spiro atoms. The van der Waals surface area contributed by atoms with Crippen molar-refractivity contribution in [2.75, 3.05) is 7.11 Å². The molecule has 1 aromatic rings. The van der Waals surface area contributed by atoms with Gasteiger partial charge in [-0.15, -0.1) is 0 Å². The van der Waals surface area contributed by atoms with E-state index in [0.29, 0.717) is 0 Å². The Bertz CT molecular complexity index is 397. The number of rotatable bonds is 3. The number of benzene rings is 1. The van der Waals surface area contributed by atoms with E-state index >= 15 is 0 Å². The summed E-state index contributed by atoms with van der Waals surface area (Å²) < 4.78 is 42.2. The first-order chi connectivity index (χ1) is 7.38. The van der Waals surface area contributed by atoms with E-state index in [9.17, 15) is 18.0 Å². The Labute approximate surface area is 91.0 Å². The third kappa shape index (κ3) is 2.74. The molecule has 0 fully saturated rings. The normalized spacial score (nSPS) is 11.3. The van der Waals surface area contributed by atoms with Gasteiger partial charge in [0.15, 0.2) is 5.78 Å². The molecular weight excluding hydrogens is 221 g/mol. The van der Waals surface area contributed by atoms with Crippen LogP contribution >= 0.6 is 0 Å². The Hall–Kier alpha value is -1.52. The van der Waals surface area contributed by atoms with Gasteiger partial charge < -0.3 is 4.74 Å². The molecule has 0 radical (unpaired) electrons. The van der Waals surface area contributed by atoms with Gasteiger partial charge in [0.05, 0.1) is 12.7 Å². The second kappa shape index (κ2) is 4.55. The van der Waals surface area contributed by atoms with Crippen molar-refractivity contribution >= 4 is 5.78 Å². The Kier molecular flexibility index (Phi) is 3.57. The fourth-order valence-corrected chi connectivity index (χ4v) is 1.25. The molecule has 5 heteroatoms. The first-order valence-corrected chi connectivity index (χ1v) is 4.68. The standard InChI is InChI=1S/C11H11F3O2/c1-3-10(15)7-4-8(11(12,13)14)6-9(5-7)16-2/h4-6H,3H2,1-2H3. The zero-order valence-electron chi connectivity index (χ0n) is 8.89. The molecule has 0 N–H and O–H groups in total. The van der Waals surface area contributed by atoms with Gasteiger partial charge in [-0.2, -0.15) is 13.2 Å². The summed E-state index contributed by atoms with van der Waals surface area (Å²) in [6, 6.07) is 3.02. The predicted octanol–water partition coefficient (Wildman–Crippen LogP) is 3.31. The molecule has 0 heterocycles. The molecule has 2 nitrogen and oxygen atoms in total. The lowest BCUT2D eigenvalue weighted by atomic mass is 10.0. The van der Waals surface area contributed by atoms with Gasteiger partial charge in [0.1, 0.15) is 5.75 Å². The lowest BCUT2D eigenvalue weighted by Gasteiger charge is -2.10. The summed E-state index contributed by atoms with van der Waals surface area (Å²) in [7, 11) is 1.26. The molecule has 0 saturated heterocycles. The smallest absolute Gasteiger partial charge is 0.416 e. The maximum atomic E-state index is 12.5. The average molecular weight is 232 g/mol. The molecule has 88 valence electrons. The minimum atomic E-state index is -4.47. The third-order valence-corrected chi connectivity index (χ3v) is 2.11. The molecule has 0 aromatic heterocycles. The number of Topliss-reactive ketones (excluding diaryl/α,β-unsaturated/α-hetero) is 1. The topological polar surface area (TPSA) is 26.3 Å². The zero-order chi connectivity index (χ0) is 12.3. The minimum absolute atomic E-state index is 0.0224. The second-order valence-electron chi connectivity index (χ2n) is 3.22. The van der Waals surface area contributed by atoms with Crippen LogP contribution in [0.5, 0.6) is 5.75 Å². The lowest BCUT2D eigenvalue weighted by Crippen LogP contribution is -2.08. The van der Waals surface area contributed by atoms with Crippen LogP contribution in [0.3, 0.4) is 0 Å². The van der Waals surface area contributed by atoms with Crippen molar-refractivity contribution in [3.63, 3.8) is 0 Å². The van der Waals surface area contributed by atoms with Crippen molar-refractivity contribution in [1.82, 2.24) is 0 Å². The summed E-state index contributed by atoms with van der Waals surface area (Å²) in [6.45, 7) is 1.59. The van der Waals surface area contributed by atoms with Crippen LogP contribution in [0.1, 0.15) is 29.3 Å². The number of ether oxygens (including phenoxy) is 1. The average Bonchev–Trinajstić information content (AvgIpc) is 2.26. The van der Waals surface area contributed by atoms with Crippen LogP contribution in [-0.4, -0.2) is 12.9 Å². The SMILES string of the molecule is CCC(=O)c1cc(OC)cc(C(F)(F)F)c1. The van der Waals surface area contributed by atoms with E-state index in [-0.39, 0.29) is 23.5 Å². The summed E-state index contributed by atoms with van der Waals surface area (Å²) in [4.78, 5) is 11.3. The highest BCUT2D eigenvalue weighted by atomic mass is 19.4. The van der Waals surface area contributed by atoms with Gasteiger partial charge in [-0.05, 0) is 18.2 Å². The van der Waals surface area contributed by atoms with Crippen molar-refractivity contribution in [2.45, 2.75) is 19.5 Å². The van der Waals surface area contributed by atoms with Crippen molar-refractivity contribution in [3.8, 4) is 5.75 Å². The summed E-state index contributed by atoms with van der Waals surface area (Å²) >= 11 is 0. The van der Waals surface area contributed by atoms with Gasteiger partial charge in [-0.25, -0.2) is 0 Å². The number of halogens is 3. The molecule has 0 unspecified atom stereocenters. The van der Waals surface area contributed by atoms with Crippen molar-refractivity contribution in [2.24, 2.45) is 0 Å². The van der Waals surface area contributed by atoms with Gasteiger partial charge in [-0.3, -0.25) is 4.79 Å². The number of ketones is 1. The molecule has 0 bridgehead atoms. The van der Waals surface area contributed by atoms with Gasteiger partial charge in [0, 0.05) is 12.0 Å². The number of methoxy groups -OCH3 is 1. The van der Waals surface area contributed by atoms with Gasteiger partial charge in [-0.1, -0.05) is 6.92 Å². The first kappa shape index (κ1) is 12.5. The van der Waals surface area contributed by atoms with Crippen molar-refractivity contribution in [3.05, 3.63) is 29.3 Å². The van der Waals surface area contributed by atoms with Crippen LogP contribution in [0, 0.1) is 0 Å². The van der Waals surface area contributed by atoms with Gasteiger partial charge >= 0.3 is 6.18 Å². The van der Waals surface area contributed by atoms with Crippen LogP contribution < -0.4 is 4.74 Å². The molecule has 0 aliphatic heterocycles. The number of carbonyl (C=O) groups excluding carboxylic acids is 1. The lowest BCUT2D eigenvalue weighted by molar-refractivity contribution is -0.137. The van der Waals surface area contributed by atoms with Gasteiger partial charge in [0.25, 0.3) is 0 Å². The van der Waals surface area contributed by atoms with E-state index in [2.05, 4.69) is 0 Å². The number of hydrogen-bond acceptors (Lipinski definition) is 2. The summed E-state index contributed by atoms with van der Waals surface area (Å²) in [5.74, 6) is -0.309. The largest absolute Gasteiger partial charge is 0.497 e. The van der Waals surface area contributed by atoms with Crippen LogP contribution in [-0.2, 0) is 6.18 Å². The fraction of sp³-hybridized carbons (Fsp3) is 0.364. The highest BCUT2D eigenvalue weighted by Crippen LogP contribution is 2.32. The predicted molar refractivity (Wildman–Crippen MR) is 52.6 cm³/mol. The van der Waals surface area contributed by atoms with E-state index in [1.165, 1.54) is 13.2 Å². The maximum absolute atomic E-state index is 12.5. The van der Waals surface area contributed by atoms with Gasteiger partial charge in [0.2, 0.25) is 0 Å². The molecule has 1 aromatic carbocycles. The van der Waals surface area contributed by atoms with Crippen LogP contribution in [0.2, 0.25) is 0 Å².